The third-order valence-electron chi connectivity index (χ3n) is 3.62. The summed E-state index contributed by atoms with van der Waals surface area (Å²) in [4.78, 5) is 1.59. The van der Waals surface area contributed by atoms with Crippen molar-refractivity contribution < 1.29 is 8.42 Å². The van der Waals surface area contributed by atoms with E-state index in [1.807, 2.05) is 29.6 Å². The van der Waals surface area contributed by atoms with Crippen molar-refractivity contribution in [3.63, 3.8) is 0 Å². The van der Waals surface area contributed by atoms with Gasteiger partial charge in [0.25, 0.3) is 0 Å². The fourth-order valence-electron chi connectivity index (χ4n) is 2.56. The van der Waals surface area contributed by atoms with E-state index >= 15 is 0 Å². The highest BCUT2D eigenvalue weighted by Gasteiger charge is 2.17. The van der Waals surface area contributed by atoms with Gasteiger partial charge in [0, 0.05) is 11.4 Å². The minimum atomic E-state index is -3.38. The van der Waals surface area contributed by atoms with Crippen molar-refractivity contribution in [2.75, 3.05) is 6.54 Å². The summed E-state index contributed by atoms with van der Waals surface area (Å²) in [6.07, 6.45) is 3.93. The molecule has 0 unspecified atom stereocenters. The van der Waals surface area contributed by atoms with E-state index in [0.717, 1.165) is 25.7 Å². The Morgan fingerprint density at radius 2 is 2.00 bits per heavy atom. The Labute approximate surface area is 123 Å². The summed E-state index contributed by atoms with van der Waals surface area (Å²) >= 11 is 1.65. The maximum atomic E-state index is 12.3. The van der Waals surface area contributed by atoms with E-state index in [-0.39, 0.29) is 0 Å². The Balaban J connectivity index is 1.68. The normalized spacial score (nSPS) is 14.4. The molecule has 1 aromatic carbocycles. The van der Waals surface area contributed by atoms with Crippen molar-refractivity contribution in [3.05, 3.63) is 51.7 Å². The van der Waals surface area contributed by atoms with E-state index in [0.29, 0.717) is 11.4 Å². The molecule has 0 fully saturated rings. The highest BCUT2D eigenvalue weighted by Crippen LogP contribution is 2.24. The Kier molecular flexibility index (Phi) is 3.92. The molecule has 0 radical (unpaired) electrons. The molecule has 3 nitrogen and oxygen atoms in total. The number of benzene rings is 1. The van der Waals surface area contributed by atoms with Crippen LogP contribution in [0.25, 0.3) is 0 Å². The summed E-state index contributed by atoms with van der Waals surface area (Å²) in [7, 11) is -3.38. The molecule has 1 aromatic heterocycles. The molecule has 1 heterocycles. The van der Waals surface area contributed by atoms with Gasteiger partial charge in [-0.15, -0.1) is 11.3 Å². The van der Waals surface area contributed by atoms with Gasteiger partial charge in [0.1, 0.15) is 0 Å². The van der Waals surface area contributed by atoms with E-state index in [1.54, 1.807) is 17.4 Å². The Hall–Kier alpha value is -1.17. The summed E-state index contributed by atoms with van der Waals surface area (Å²) in [5, 5.41) is 2.00. The van der Waals surface area contributed by atoms with E-state index < -0.39 is 10.0 Å². The van der Waals surface area contributed by atoms with Crippen molar-refractivity contribution in [1.29, 1.82) is 0 Å². The lowest BCUT2D eigenvalue weighted by molar-refractivity contribution is 0.581. The van der Waals surface area contributed by atoms with Crippen LogP contribution in [0.3, 0.4) is 0 Å². The molecule has 3 rings (SSSR count). The van der Waals surface area contributed by atoms with Gasteiger partial charge in [-0.05, 0) is 60.4 Å². The molecule has 0 atom stereocenters. The second kappa shape index (κ2) is 5.68. The van der Waals surface area contributed by atoms with Gasteiger partial charge in [-0.25, -0.2) is 13.1 Å². The highest BCUT2D eigenvalue weighted by molar-refractivity contribution is 7.89. The predicted molar refractivity (Wildman–Crippen MR) is 81.7 cm³/mol. The lowest BCUT2D eigenvalue weighted by Crippen LogP contribution is -2.25. The standard InChI is InChI=1S/C15H17NO2S2/c17-20(18,16-9-8-14-5-2-10-19-14)15-7-6-12-3-1-4-13(12)11-15/h2,5-7,10-11,16H,1,3-4,8-9H2. The van der Waals surface area contributed by atoms with Crippen LogP contribution in [0.5, 0.6) is 0 Å². The first-order valence-corrected chi connectivity index (χ1v) is 9.15. The Morgan fingerprint density at radius 3 is 2.80 bits per heavy atom. The number of fused-ring (bicyclic) bond motifs is 1. The van der Waals surface area contributed by atoms with E-state index in [4.69, 9.17) is 0 Å². The molecule has 106 valence electrons. The number of hydrogen-bond acceptors (Lipinski definition) is 3. The van der Waals surface area contributed by atoms with Crippen LogP contribution < -0.4 is 4.72 Å². The summed E-state index contributed by atoms with van der Waals surface area (Å²) in [6.45, 7) is 0.444. The second-order valence-corrected chi connectivity index (χ2v) is 7.81. The fraction of sp³-hybridized carbons (Fsp3) is 0.333. The number of sulfonamides is 1. The van der Waals surface area contributed by atoms with Crippen molar-refractivity contribution in [2.45, 2.75) is 30.6 Å². The molecule has 1 aliphatic rings. The van der Waals surface area contributed by atoms with Gasteiger partial charge in [0.2, 0.25) is 10.0 Å². The average molecular weight is 307 g/mol. The SMILES string of the molecule is O=S(=O)(NCCc1cccs1)c1ccc2c(c1)CCC2. The number of aryl methyl sites for hydroxylation is 2. The van der Waals surface area contributed by atoms with Gasteiger partial charge >= 0.3 is 0 Å². The molecule has 0 amide bonds. The van der Waals surface area contributed by atoms with Crippen LogP contribution in [0.4, 0.5) is 0 Å². The lowest BCUT2D eigenvalue weighted by Gasteiger charge is -2.08. The maximum absolute atomic E-state index is 12.3. The van der Waals surface area contributed by atoms with E-state index in [9.17, 15) is 8.42 Å². The van der Waals surface area contributed by atoms with Crippen LogP contribution in [-0.4, -0.2) is 15.0 Å². The van der Waals surface area contributed by atoms with Gasteiger partial charge in [-0.1, -0.05) is 12.1 Å². The molecule has 0 saturated carbocycles. The van der Waals surface area contributed by atoms with Gasteiger partial charge < -0.3 is 0 Å². The fourth-order valence-corrected chi connectivity index (χ4v) is 4.35. The average Bonchev–Trinajstić information content (AvgIpc) is 3.08. The predicted octanol–water partition coefficient (Wildman–Crippen LogP) is 2.76. The molecule has 0 aliphatic heterocycles. The van der Waals surface area contributed by atoms with Crippen molar-refractivity contribution in [2.24, 2.45) is 0 Å². The van der Waals surface area contributed by atoms with Crippen LogP contribution >= 0.6 is 11.3 Å². The van der Waals surface area contributed by atoms with Gasteiger partial charge in [-0.3, -0.25) is 0 Å². The first-order valence-electron chi connectivity index (χ1n) is 6.79. The van der Waals surface area contributed by atoms with Crippen LogP contribution in [-0.2, 0) is 29.3 Å². The quantitative estimate of drug-likeness (QED) is 0.923. The van der Waals surface area contributed by atoms with Crippen molar-refractivity contribution in [3.8, 4) is 0 Å². The van der Waals surface area contributed by atoms with Crippen LogP contribution in [0.1, 0.15) is 22.4 Å². The smallest absolute Gasteiger partial charge is 0.211 e. The van der Waals surface area contributed by atoms with Gasteiger partial charge in [0.15, 0.2) is 0 Å². The van der Waals surface area contributed by atoms with Crippen molar-refractivity contribution >= 4 is 21.4 Å². The summed E-state index contributed by atoms with van der Waals surface area (Å²) in [6, 6.07) is 9.51. The largest absolute Gasteiger partial charge is 0.240 e. The number of nitrogens with one attached hydrogen (secondary N) is 1. The highest BCUT2D eigenvalue weighted by atomic mass is 32.2. The maximum Gasteiger partial charge on any atom is 0.240 e. The Morgan fingerprint density at radius 1 is 1.15 bits per heavy atom. The molecule has 0 spiro atoms. The zero-order valence-corrected chi connectivity index (χ0v) is 12.8. The summed E-state index contributed by atoms with van der Waals surface area (Å²) < 4.78 is 27.2. The monoisotopic (exact) mass is 307 g/mol. The molecule has 5 heteroatoms. The number of rotatable bonds is 5. The molecule has 1 aliphatic carbocycles. The Bertz CT molecular complexity index is 691. The van der Waals surface area contributed by atoms with Gasteiger partial charge in [0.05, 0.1) is 4.90 Å². The van der Waals surface area contributed by atoms with Crippen LogP contribution in [0.15, 0.2) is 40.6 Å². The molecule has 1 N–H and O–H groups in total. The molecule has 2 aromatic rings. The molecule has 0 bridgehead atoms. The van der Waals surface area contributed by atoms with Crippen LogP contribution in [0.2, 0.25) is 0 Å². The summed E-state index contributed by atoms with van der Waals surface area (Å²) in [5.41, 5.74) is 2.48. The summed E-state index contributed by atoms with van der Waals surface area (Å²) in [5.74, 6) is 0. The van der Waals surface area contributed by atoms with E-state index in [1.165, 1.54) is 16.0 Å². The van der Waals surface area contributed by atoms with Crippen molar-refractivity contribution in [1.82, 2.24) is 4.72 Å². The molecular weight excluding hydrogens is 290 g/mol. The van der Waals surface area contributed by atoms with Crippen LogP contribution in [0, 0.1) is 0 Å². The first-order chi connectivity index (χ1) is 9.65. The third kappa shape index (κ3) is 2.95. The first kappa shape index (κ1) is 13.8. The van der Waals surface area contributed by atoms with Gasteiger partial charge in [-0.2, -0.15) is 0 Å². The minimum Gasteiger partial charge on any atom is -0.211 e. The zero-order valence-electron chi connectivity index (χ0n) is 11.1. The zero-order chi connectivity index (χ0) is 14.0. The molecular formula is C15H17NO2S2. The number of thiophene rings is 1. The molecule has 20 heavy (non-hydrogen) atoms. The topological polar surface area (TPSA) is 46.2 Å². The van der Waals surface area contributed by atoms with E-state index in [2.05, 4.69) is 4.72 Å². The minimum absolute atomic E-state index is 0.393. The third-order valence-corrected chi connectivity index (χ3v) is 6.02. The molecule has 0 saturated heterocycles. The number of hydrogen-bond donors (Lipinski definition) is 1. The lowest BCUT2D eigenvalue weighted by atomic mass is 10.1. The second-order valence-electron chi connectivity index (χ2n) is 5.01.